The van der Waals surface area contributed by atoms with Crippen LogP contribution >= 0.6 is 0 Å². The number of anilines is 1. The summed E-state index contributed by atoms with van der Waals surface area (Å²) in [5, 5.41) is 4.48. The van der Waals surface area contributed by atoms with Crippen molar-refractivity contribution in [2.24, 2.45) is 0 Å². The van der Waals surface area contributed by atoms with E-state index in [-0.39, 0.29) is 0 Å². The largest absolute Gasteiger partial charge is 0.378 e. The third kappa shape index (κ3) is 1.73. The van der Waals surface area contributed by atoms with E-state index in [1.54, 1.807) is 7.11 Å². The first-order valence-corrected chi connectivity index (χ1v) is 7.49. The number of nitrogens with zero attached hydrogens (tertiary/aromatic N) is 4. The van der Waals surface area contributed by atoms with Gasteiger partial charge >= 0.3 is 0 Å². The molecule has 1 saturated carbocycles. The first-order valence-electron chi connectivity index (χ1n) is 7.49. The van der Waals surface area contributed by atoms with Crippen LogP contribution in [0.1, 0.15) is 36.9 Å². The minimum atomic E-state index is 0.586. The number of hydrogen-bond donors (Lipinski definition) is 0. The molecule has 0 saturated heterocycles. The van der Waals surface area contributed by atoms with Crippen LogP contribution in [0.3, 0.4) is 0 Å². The molecule has 106 valence electrons. The Labute approximate surface area is 118 Å². The van der Waals surface area contributed by atoms with Gasteiger partial charge in [0.15, 0.2) is 5.65 Å². The van der Waals surface area contributed by atoms with Crippen LogP contribution in [0.25, 0.3) is 5.65 Å². The van der Waals surface area contributed by atoms with Crippen LogP contribution in [0.4, 0.5) is 5.82 Å². The lowest BCUT2D eigenvalue weighted by Crippen LogP contribution is -2.32. The normalized spacial score (nSPS) is 19.1. The van der Waals surface area contributed by atoms with Gasteiger partial charge in [-0.2, -0.15) is 9.61 Å². The van der Waals surface area contributed by atoms with Gasteiger partial charge in [0.25, 0.3) is 0 Å². The standard InChI is InChI=1S/C15H20N4O/c1-20-10-13-12-7-9-18(11-4-2-3-5-11)15(12)19-14(17-13)6-8-16-19/h6,8,11H,2-5,7,9-10H2,1H3. The Bertz CT molecular complexity index is 630. The molecule has 0 spiro atoms. The lowest BCUT2D eigenvalue weighted by Gasteiger charge is -2.27. The molecular formula is C15H20N4O. The monoisotopic (exact) mass is 272 g/mol. The van der Waals surface area contributed by atoms with Crippen molar-refractivity contribution in [3.05, 3.63) is 23.5 Å². The average molecular weight is 272 g/mol. The highest BCUT2D eigenvalue weighted by molar-refractivity contribution is 5.61. The Morgan fingerprint density at radius 2 is 2.20 bits per heavy atom. The number of hydrogen-bond acceptors (Lipinski definition) is 4. The maximum absolute atomic E-state index is 5.33. The van der Waals surface area contributed by atoms with Crippen molar-refractivity contribution in [2.75, 3.05) is 18.6 Å². The summed E-state index contributed by atoms with van der Waals surface area (Å²) in [6.07, 6.45) is 8.23. The van der Waals surface area contributed by atoms with Gasteiger partial charge in [-0.1, -0.05) is 12.8 Å². The Morgan fingerprint density at radius 1 is 1.35 bits per heavy atom. The first-order chi connectivity index (χ1) is 9.88. The van der Waals surface area contributed by atoms with E-state index < -0.39 is 0 Å². The molecular weight excluding hydrogens is 252 g/mol. The second-order valence-corrected chi connectivity index (χ2v) is 5.78. The molecule has 0 amide bonds. The topological polar surface area (TPSA) is 42.7 Å². The van der Waals surface area contributed by atoms with Crippen molar-refractivity contribution in [1.82, 2.24) is 14.6 Å². The van der Waals surface area contributed by atoms with Gasteiger partial charge in [0.05, 0.1) is 18.5 Å². The van der Waals surface area contributed by atoms with Crippen LogP contribution in [-0.2, 0) is 17.8 Å². The molecule has 2 aromatic heterocycles. The quantitative estimate of drug-likeness (QED) is 0.859. The van der Waals surface area contributed by atoms with Crippen molar-refractivity contribution in [3.63, 3.8) is 0 Å². The van der Waals surface area contributed by atoms with Gasteiger partial charge in [-0.3, -0.25) is 0 Å². The van der Waals surface area contributed by atoms with Gasteiger partial charge in [-0.15, -0.1) is 0 Å². The highest BCUT2D eigenvalue weighted by Crippen LogP contribution is 2.36. The summed E-state index contributed by atoms with van der Waals surface area (Å²) in [6.45, 7) is 1.68. The summed E-state index contributed by atoms with van der Waals surface area (Å²) in [5.41, 5.74) is 3.34. The summed E-state index contributed by atoms with van der Waals surface area (Å²) in [5.74, 6) is 1.26. The highest BCUT2D eigenvalue weighted by Gasteiger charge is 2.32. The van der Waals surface area contributed by atoms with Crippen molar-refractivity contribution < 1.29 is 4.74 Å². The molecule has 0 N–H and O–H groups in total. The second kappa shape index (κ2) is 4.74. The van der Waals surface area contributed by atoms with E-state index in [4.69, 9.17) is 9.72 Å². The van der Waals surface area contributed by atoms with Gasteiger partial charge in [0.2, 0.25) is 0 Å². The van der Waals surface area contributed by atoms with Crippen LogP contribution < -0.4 is 4.90 Å². The fourth-order valence-corrected chi connectivity index (χ4v) is 3.72. The maximum Gasteiger partial charge on any atom is 0.157 e. The molecule has 0 aromatic carbocycles. The molecule has 2 aromatic rings. The van der Waals surface area contributed by atoms with E-state index in [0.29, 0.717) is 12.6 Å². The number of rotatable bonds is 3. The Morgan fingerprint density at radius 3 is 3.00 bits per heavy atom. The van der Waals surface area contributed by atoms with Crippen LogP contribution in [0, 0.1) is 0 Å². The Balaban J connectivity index is 1.86. The number of ether oxygens (including phenoxy) is 1. The van der Waals surface area contributed by atoms with E-state index in [9.17, 15) is 0 Å². The smallest absolute Gasteiger partial charge is 0.157 e. The lowest BCUT2D eigenvalue weighted by atomic mass is 10.2. The van der Waals surface area contributed by atoms with Crippen molar-refractivity contribution in [3.8, 4) is 0 Å². The molecule has 3 heterocycles. The van der Waals surface area contributed by atoms with Crippen molar-refractivity contribution in [2.45, 2.75) is 44.8 Å². The average Bonchev–Trinajstić information content (AvgIpc) is 3.18. The van der Waals surface area contributed by atoms with Crippen LogP contribution in [0.2, 0.25) is 0 Å². The van der Waals surface area contributed by atoms with Crippen LogP contribution in [-0.4, -0.2) is 34.3 Å². The van der Waals surface area contributed by atoms with E-state index >= 15 is 0 Å². The summed E-state index contributed by atoms with van der Waals surface area (Å²) >= 11 is 0. The summed E-state index contributed by atoms with van der Waals surface area (Å²) < 4.78 is 7.34. The van der Waals surface area contributed by atoms with Crippen molar-refractivity contribution in [1.29, 1.82) is 0 Å². The third-order valence-corrected chi connectivity index (χ3v) is 4.61. The molecule has 0 unspecified atom stereocenters. The Kier molecular flexibility index (Phi) is 2.88. The fourth-order valence-electron chi connectivity index (χ4n) is 3.72. The van der Waals surface area contributed by atoms with Crippen LogP contribution in [0.5, 0.6) is 0 Å². The zero-order chi connectivity index (χ0) is 13.5. The number of fused-ring (bicyclic) bond motifs is 3. The molecule has 1 fully saturated rings. The molecule has 20 heavy (non-hydrogen) atoms. The SMILES string of the molecule is COCc1nc2ccnn2c2c1CCN2C1CCCC1. The molecule has 1 aliphatic carbocycles. The third-order valence-electron chi connectivity index (χ3n) is 4.61. The fraction of sp³-hybridized carbons (Fsp3) is 0.600. The summed E-state index contributed by atoms with van der Waals surface area (Å²) in [4.78, 5) is 7.27. The van der Waals surface area contributed by atoms with E-state index in [2.05, 4.69) is 10.00 Å². The van der Waals surface area contributed by atoms with E-state index in [1.807, 2.05) is 16.8 Å². The summed E-state index contributed by atoms with van der Waals surface area (Å²) in [7, 11) is 1.73. The van der Waals surface area contributed by atoms with E-state index in [0.717, 1.165) is 24.3 Å². The van der Waals surface area contributed by atoms with Crippen molar-refractivity contribution >= 4 is 11.5 Å². The zero-order valence-corrected chi connectivity index (χ0v) is 11.9. The van der Waals surface area contributed by atoms with Gasteiger partial charge in [-0.25, -0.2) is 4.98 Å². The minimum Gasteiger partial charge on any atom is -0.378 e. The minimum absolute atomic E-state index is 0.586. The number of methoxy groups -OCH3 is 1. The Hall–Kier alpha value is -1.62. The highest BCUT2D eigenvalue weighted by atomic mass is 16.5. The lowest BCUT2D eigenvalue weighted by molar-refractivity contribution is 0.181. The molecule has 4 rings (SSSR count). The van der Waals surface area contributed by atoms with Gasteiger partial charge < -0.3 is 9.64 Å². The molecule has 0 bridgehead atoms. The number of aromatic nitrogens is 3. The molecule has 5 heteroatoms. The maximum atomic E-state index is 5.33. The van der Waals surface area contributed by atoms with Gasteiger partial charge in [0.1, 0.15) is 5.82 Å². The van der Waals surface area contributed by atoms with E-state index in [1.165, 1.54) is 37.1 Å². The van der Waals surface area contributed by atoms with Gasteiger partial charge in [-0.05, 0) is 19.3 Å². The molecule has 0 atom stereocenters. The van der Waals surface area contributed by atoms with Crippen LogP contribution in [0.15, 0.2) is 12.3 Å². The predicted molar refractivity (Wildman–Crippen MR) is 77.0 cm³/mol. The first kappa shape index (κ1) is 12.1. The summed E-state index contributed by atoms with van der Waals surface area (Å²) in [6, 6.07) is 2.66. The predicted octanol–water partition coefficient (Wildman–Crippen LogP) is 2.18. The molecule has 0 radical (unpaired) electrons. The zero-order valence-electron chi connectivity index (χ0n) is 11.9. The second-order valence-electron chi connectivity index (χ2n) is 5.78. The van der Waals surface area contributed by atoms with Gasteiger partial charge in [0, 0.05) is 31.3 Å². The molecule has 2 aliphatic rings. The molecule has 1 aliphatic heterocycles. The molecule has 5 nitrogen and oxygen atoms in total.